The second-order valence-corrected chi connectivity index (χ2v) is 5.51. The molecule has 106 valence electrons. The lowest BCUT2D eigenvalue weighted by atomic mass is 10.2. The van der Waals surface area contributed by atoms with Gasteiger partial charge in [0.2, 0.25) is 0 Å². The van der Waals surface area contributed by atoms with Gasteiger partial charge in [0, 0.05) is 33.2 Å². The summed E-state index contributed by atoms with van der Waals surface area (Å²) < 4.78 is 5.11. The van der Waals surface area contributed by atoms with Crippen LogP contribution >= 0.6 is 35.4 Å². The van der Waals surface area contributed by atoms with Gasteiger partial charge in [-0.1, -0.05) is 47.6 Å². The molecule has 0 aliphatic heterocycles. The highest BCUT2D eigenvalue weighted by Gasteiger charge is 2.10. The van der Waals surface area contributed by atoms with Gasteiger partial charge in [0.25, 0.3) is 0 Å². The lowest BCUT2D eigenvalue weighted by Gasteiger charge is -2.22. The number of hydrogen-bond donors (Lipinski definition) is 1. The molecule has 3 nitrogen and oxygen atoms in total. The summed E-state index contributed by atoms with van der Waals surface area (Å²) in [4.78, 5) is 2.71. The fourth-order valence-electron chi connectivity index (χ4n) is 1.67. The molecule has 0 unspecified atom stereocenters. The van der Waals surface area contributed by atoms with Gasteiger partial charge in [-0.05, 0) is 11.6 Å². The van der Waals surface area contributed by atoms with Crippen molar-refractivity contribution in [1.82, 2.24) is 4.90 Å². The highest BCUT2D eigenvalue weighted by molar-refractivity contribution is 7.80. The molecule has 2 N–H and O–H groups in total. The lowest BCUT2D eigenvalue weighted by molar-refractivity contribution is 0.146. The molecule has 19 heavy (non-hydrogen) atoms. The zero-order chi connectivity index (χ0) is 14.3. The van der Waals surface area contributed by atoms with Gasteiger partial charge in [0.05, 0.1) is 21.6 Å². The number of benzene rings is 1. The molecule has 0 aliphatic carbocycles. The van der Waals surface area contributed by atoms with Crippen LogP contribution in [-0.2, 0) is 11.3 Å². The first-order valence-corrected chi connectivity index (χ1v) is 7.13. The van der Waals surface area contributed by atoms with E-state index in [9.17, 15) is 0 Å². The van der Waals surface area contributed by atoms with Crippen molar-refractivity contribution in [3.8, 4) is 0 Å². The molecule has 0 bridgehead atoms. The van der Waals surface area contributed by atoms with Gasteiger partial charge in [0.1, 0.15) is 0 Å². The summed E-state index contributed by atoms with van der Waals surface area (Å²) in [6, 6.07) is 5.64. The van der Waals surface area contributed by atoms with Crippen molar-refractivity contribution in [3.05, 3.63) is 33.8 Å². The third kappa shape index (κ3) is 6.06. The van der Waals surface area contributed by atoms with Gasteiger partial charge in [-0.25, -0.2) is 0 Å². The fourth-order valence-corrected chi connectivity index (χ4v) is 2.14. The Morgan fingerprint density at radius 3 is 2.74 bits per heavy atom. The molecule has 0 aromatic heterocycles. The molecule has 1 aromatic rings. The van der Waals surface area contributed by atoms with Crippen LogP contribution in [0.15, 0.2) is 18.2 Å². The number of rotatable bonds is 8. The number of hydrogen-bond acceptors (Lipinski definition) is 3. The first-order chi connectivity index (χ1) is 9.04. The smallest absolute Gasteiger partial charge is 0.0740 e. The third-order valence-corrected chi connectivity index (χ3v) is 3.77. The summed E-state index contributed by atoms with van der Waals surface area (Å²) in [5.41, 5.74) is 6.54. The fraction of sp³-hybridized carbons (Fsp3) is 0.462. The zero-order valence-electron chi connectivity index (χ0n) is 10.9. The average molecular weight is 321 g/mol. The van der Waals surface area contributed by atoms with Gasteiger partial charge in [-0.15, -0.1) is 0 Å². The van der Waals surface area contributed by atoms with E-state index >= 15 is 0 Å². The molecule has 0 saturated carbocycles. The number of methoxy groups -OCH3 is 1. The topological polar surface area (TPSA) is 38.5 Å². The van der Waals surface area contributed by atoms with Crippen molar-refractivity contribution in [2.75, 3.05) is 26.8 Å². The average Bonchev–Trinajstić information content (AvgIpc) is 2.37. The van der Waals surface area contributed by atoms with Crippen molar-refractivity contribution in [3.63, 3.8) is 0 Å². The molecule has 0 amide bonds. The standard InChI is InChI=1S/C13H18Cl2N2OS/c1-18-8-7-17(6-5-12(16)19)9-10-3-2-4-11(14)13(10)15/h2-4H,5-9H2,1H3,(H2,16,19). The van der Waals surface area contributed by atoms with E-state index in [1.54, 1.807) is 13.2 Å². The summed E-state index contributed by atoms with van der Waals surface area (Å²) in [7, 11) is 1.68. The van der Waals surface area contributed by atoms with Crippen molar-refractivity contribution >= 4 is 40.4 Å². The van der Waals surface area contributed by atoms with Gasteiger partial charge >= 0.3 is 0 Å². The molecular formula is C13H18Cl2N2OS. The molecule has 0 atom stereocenters. The molecule has 1 rings (SSSR count). The van der Waals surface area contributed by atoms with Crippen LogP contribution in [-0.4, -0.2) is 36.7 Å². The number of thiocarbonyl (C=S) groups is 1. The van der Waals surface area contributed by atoms with Crippen LogP contribution in [0.4, 0.5) is 0 Å². The van der Waals surface area contributed by atoms with Gasteiger partial charge in [-0.2, -0.15) is 0 Å². The Morgan fingerprint density at radius 2 is 2.11 bits per heavy atom. The number of nitrogens with zero attached hydrogens (tertiary/aromatic N) is 1. The summed E-state index contributed by atoms with van der Waals surface area (Å²) in [5, 5.41) is 1.17. The quantitative estimate of drug-likeness (QED) is 0.747. The highest BCUT2D eigenvalue weighted by Crippen LogP contribution is 2.26. The Morgan fingerprint density at radius 1 is 1.37 bits per heavy atom. The predicted molar refractivity (Wildman–Crippen MR) is 85.0 cm³/mol. The maximum absolute atomic E-state index is 6.19. The van der Waals surface area contributed by atoms with Crippen LogP contribution in [0.25, 0.3) is 0 Å². The minimum atomic E-state index is 0.514. The maximum Gasteiger partial charge on any atom is 0.0740 e. The van der Waals surface area contributed by atoms with Crippen molar-refractivity contribution < 1.29 is 4.74 Å². The van der Waals surface area contributed by atoms with E-state index in [1.807, 2.05) is 12.1 Å². The summed E-state index contributed by atoms with van der Waals surface area (Å²) in [5.74, 6) is 0. The summed E-state index contributed by atoms with van der Waals surface area (Å²) in [6.07, 6.45) is 0.678. The van der Waals surface area contributed by atoms with E-state index in [-0.39, 0.29) is 0 Å². The maximum atomic E-state index is 6.19. The van der Waals surface area contributed by atoms with Gasteiger partial charge in [0.15, 0.2) is 0 Å². The summed E-state index contributed by atoms with van der Waals surface area (Å²) >= 11 is 17.1. The Kier molecular flexibility index (Phi) is 7.64. The lowest BCUT2D eigenvalue weighted by Crippen LogP contribution is -2.30. The molecule has 0 radical (unpaired) electrons. The second kappa shape index (κ2) is 8.72. The Labute approximate surface area is 129 Å². The third-order valence-electron chi connectivity index (χ3n) is 2.71. The van der Waals surface area contributed by atoms with E-state index in [0.717, 1.165) is 18.7 Å². The molecule has 1 aromatic carbocycles. The van der Waals surface area contributed by atoms with E-state index in [0.29, 0.717) is 34.6 Å². The first-order valence-electron chi connectivity index (χ1n) is 5.97. The predicted octanol–water partition coefficient (Wildman–Crippen LogP) is 3.12. The van der Waals surface area contributed by atoms with Crippen LogP contribution in [0.5, 0.6) is 0 Å². The molecule has 0 saturated heterocycles. The van der Waals surface area contributed by atoms with Crippen LogP contribution in [0.3, 0.4) is 0 Å². The molecule has 0 heterocycles. The Balaban J connectivity index is 2.69. The largest absolute Gasteiger partial charge is 0.393 e. The summed E-state index contributed by atoms with van der Waals surface area (Å²) in [6.45, 7) is 2.92. The van der Waals surface area contributed by atoms with Gasteiger partial charge < -0.3 is 10.5 Å². The highest BCUT2D eigenvalue weighted by atomic mass is 35.5. The Hall–Kier alpha value is -0.390. The van der Waals surface area contributed by atoms with Gasteiger partial charge in [-0.3, -0.25) is 4.90 Å². The normalized spacial score (nSPS) is 10.9. The Bertz CT molecular complexity index is 429. The van der Waals surface area contributed by atoms with E-state index in [1.165, 1.54) is 0 Å². The first kappa shape index (κ1) is 16.7. The monoisotopic (exact) mass is 320 g/mol. The van der Waals surface area contributed by atoms with Crippen molar-refractivity contribution in [2.24, 2.45) is 5.73 Å². The molecule has 0 fully saturated rings. The van der Waals surface area contributed by atoms with E-state index in [2.05, 4.69) is 4.90 Å². The molecule has 0 spiro atoms. The van der Waals surface area contributed by atoms with Crippen molar-refractivity contribution in [1.29, 1.82) is 0 Å². The molecule has 0 aliphatic rings. The van der Waals surface area contributed by atoms with Crippen LogP contribution in [0, 0.1) is 0 Å². The molecular weight excluding hydrogens is 303 g/mol. The number of halogens is 2. The number of ether oxygens (including phenoxy) is 1. The number of nitrogens with two attached hydrogens (primary N) is 1. The minimum absolute atomic E-state index is 0.514. The molecule has 6 heteroatoms. The minimum Gasteiger partial charge on any atom is -0.393 e. The second-order valence-electron chi connectivity index (χ2n) is 4.20. The van der Waals surface area contributed by atoms with Crippen LogP contribution in [0.1, 0.15) is 12.0 Å². The van der Waals surface area contributed by atoms with Crippen LogP contribution < -0.4 is 5.73 Å². The van der Waals surface area contributed by atoms with E-state index in [4.69, 9.17) is 45.9 Å². The van der Waals surface area contributed by atoms with Crippen molar-refractivity contribution in [2.45, 2.75) is 13.0 Å². The zero-order valence-corrected chi connectivity index (χ0v) is 13.2. The van der Waals surface area contributed by atoms with Crippen LogP contribution in [0.2, 0.25) is 10.0 Å². The SMILES string of the molecule is COCCN(CCC(N)=S)Cc1cccc(Cl)c1Cl. The van der Waals surface area contributed by atoms with E-state index < -0.39 is 0 Å².